The zero-order valence-corrected chi connectivity index (χ0v) is 12.6. The molecule has 0 fully saturated rings. The Kier molecular flexibility index (Phi) is 5.15. The van der Waals surface area contributed by atoms with E-state index in [0.717, 1.165) is 17.2 Å². The highest BCUT2D eigenvalue weighted by Crippen LogP contribution is 2.21. The Hall–Kier alpha value is -1.08. The van der Waals surface area contributed by atoms with Gasteiger partial charge in [-0.3, -0.25) is 4.79 Å². The summed E-state index contributed by atoms with van der Waals surface area (Å²) in [5.74, 6) is 0.109. The molecule has 0 aliphatic rings. The van der Waals surface area contributed by atoms with Crippen molar-refractivity contribution in [1.82, 2.24) is 14.5 Å². The molecule has 2 N–H and O–H groups in total. The Morgan fingerprint density at radius 1 is 1.50 bits per heavy atom. The summed E-state index contributed by atoms with van der Waals surface area (Å²) < 4.78 is 3.85. The second-order valence-corrected chi connectivity index (χ2v) is 5.86. The van der Waals surface area contributed by atoms with Crippen molar-refractivity contribution >= 4 is 34.6 Å². The van der Waals surface area contributed by atoms with E-state index in [1.807, 2.05) is 20.8 Å². The Morgan fingerprint density at radius 2 is 2.11 bits per heavy atom. The van der Waals surface area contributed by atoms with Crippen LogP contribution in [0.25, 0.3) is 0 Å². The number of rotatable bonds is 5. The molecule has 1 heterocycles. The second kappa shape index (κ2) is 6.19. The molecule has 1 rings (SSSR count). The fourth-order valence-corrected chi connectivity index (χ4v) is 2.37. The first-order valence-electron chi connectivity index (χ1n) is 5.71. The first-order valence-corrected chi connectivity index (χ1v) is 6.89. The van der Waals surface area contributed by atoms with Gasteiger partial charge in [0.25, 0.3) is 5.91 Å². The average molecular weight is 286 g/mol. The van der Waals surface area contributed by atoms with E-state index in [9.17, 15) is 4.79 Å². The molecule has 0 saturated heterocycles. The summed E-state index contributed by atoms with van der Waals surface area (Å²) >= 11 is 6.04. The van der Waals surface area contributed by atoms with E-state index in [1.54, 1.807) is 11.9 Å². The number of carbonyl (C=O) groups is 1. The molecule has 1 unspecified atom stereocenters. The molecule has 0 aliphatic heterocycles. The summed E-state index contributed by atoms with van der Waals surface area (Å²) in [4.78, 5) is 14.9. The highest BCUT2D eigenvalue weighted by atomic mass is 32.1. The van der Waals surface area contributed by atoms with Crippen LogP contribution in [0.2, 0.25) is 0 Å². The van der Waals surface area contributed by atoms with E-state index in [2.05, 4.69) is 9.59 Å². The average Bonchev–Trinajstić information content (AvgIpc) is 2.76. The first-order chi connectivity index (χ1) is 8.34. The summed E-state index contributed by atoms with van der Waals surface area (Å²) in [7, 11) is 1.74. The van der Waals surface area contributed by atoms with Crippen LogP contribution in [0.15, 0.2) is 0 Å². The SMILES string of the molecule is CC(CN(C)C(=O)c1snnc1C(C)C)C(N)=S. The van der Waals surface area contributed by atoms with Crippen molar-refractivity contribution in [2.75, 3.05) is 13.6 Å². The number of hydrogen-bond donors (Lipinski definition) is 1. The van der Waals surface area contributed by atoms with Crippen LogP contribution in [-0.4, -0.2) is 39.0 Å². The van der Waals surface area contributed by atoms with Gasteiger partial charge in [0.1, 0.15) is 4.88 Å². The number of nitrogens with zero attached hydrogens (tertiary/aromatic N) is 3. The Labute approximate surface area is 117 Å². The maximum atomic E-state index is 12.3. The van der Waals surface area contributed by atoms with Crippen LogP contribution in [0.3, 0.4) is 0 Å². The predicted octanol–water partition coefficient (Wildman–Crippen LogP) is 1.66. The summed E-state index contributed by atoms with van der Waals surface area (Å²) in [5.41, 5.74) is 6.30. The van der Waals surface area contributed by atoms with Gasteiger partial charge in [0.15, 0.2) is 0 Å². The molecule has 5 nitrogen and oxygen atoms in total. The molecule has 0 aromatic carbocycles. The molecule has 0 spiro atoms. The maximum absolute atomic E-state index is 12.3. The number of carbonyl (C=O) groups excluding carboxylic acids is 1. The summed E-state index contributed by atoms with van der Waals surface area (Å²) in [6.45, 7) is 6.39. The molecule has 1 atom stereocenters. The van der Waals surface area contributed by atoms with Crippen LogP contribution >= 0.6 is 23.8 Å². The molecule has 0 radical (unpaired) electrons. The number of thiocarbonyl (C=S) groups is 1. The Balaban J connectivity index is 2.80. The normalized spacial score (nSPS) is 12.5. The van der Waals surface area contributed by atoms with Gasteiger partial charge in [0, 0.05) is 19.5 Å². The van der Waals surface area contributed by atoms with Gasteiger partial charge in [-0.05, 0) is 17.5 Å². The van der Waals surface area contributed by atoms with Crippen molar-refractivity contribution < 1.29 is 4.79 Å². The summed E-state index contributed by atoms with van der Waals surface area (Å²) in [6, 6.07) is 0. The minimum absolute atomic E-state index is 0.00247. The highest BCUT2D eigenvalue weighted by Gasteiger charge is 2.23. The third-order valence-corrected chi connectivity index (χ3v) is 3.77. The Bertz CT molecular complexity index is 444. The summed E-state index contributed by atoms with van der Waals surface area (Å²) in [6.07, 6.45) is 0. The number of amides is 1. The van der Waals surface area contributed by atoms with Crippen molar-refractivity contribution in [2.24, 2.45) is 11.7 Å². The van der Waals surface area contributed by atoms with Crippen molar-refractivity contribution in [3.8, 4) is 0 Å². The third-order valence-electron chi connectivity index (χ3n) is 2.63. The van der Waals surface area contributed by atoms with E-state index in [-0.39, 0.29) is 17.7 Å². The fraction of sp³-hybridized carbons (Fsp3) is 0.636. The fourth-order valence-electron chi connectivity index (χ4n) is 1.48. The van der Waals surface area contributed by atoms with Gasteiger partial charge in [-0.15, -0.1) is 5.10 Å². The van der Waals surface area contributed by atoms with Crippen molar-refractivity contribution in [3.63, 3.8) is 0 Å². The topological polar surface area (TPSA) is 72.1 Å². The molecular weight excluding hydrogens is 268 g/mol. The van der Waals surface area contributed by atoms with E-state index in [4.69, 9.17) is 18.0 Å². The predicted molar refractivity (Wildman–Crippen MR) is 76.9 cm³/mol. The lowest BCUT2D eigenvalue weighted by Crippen LogP contribution is -2.35. The second-order valence-electron chi connectivity index (χ2n) is 4.63. The highest BCUT2D eigenvalue weighted by molar-refractivity contribution is 7.80. The monoisotopic (exact) mass is 286 g/mol. The number of nitrogens with two attached hydrogens (primary N) is 1. The lowest BCUT2D eigenvalue weighted by molar-refractivity contribution is 0.0790. The molecule has 0 saturated carbocycles. The standard InChI is InChI=1S/C11H18N4OS2/c1-6(2)8-9(18-14-13-8)11(16)15(4)5-7(3)10(12)17/h6-7H,5H2,1-4H3,(H2,12,17). The van der Waals surface area contributed by atoms with E-state index in [1.165, 1.54) is 0 Å². The van der Waals surface area contributed by atoms with Gasteiger partial charge in [-0.1, -0.05) is 37.5 Å². The van der Waals surface area contributed by atoms with Crippen LogP contribution in [0, 0.1) is 5.92 Å². The molecule has 1 amide bonds. The number of hydrogen-bond acceptors (Lipinski definition) is 5. The smallest absolute Gasteiger partial charge is 0.267 e. The zero-order chi connectivity index (χ0) is 13.9. The molecule has 0 aliphatic carbocycles. The molecule has 1 aromatic rings. The third kappa shape index (κ3) is 3.46. The van der Waals surface area contributed by atoms with Crippen molar-refractivity contribution in [2.45, 2.75) is 26.7 Å². The van der Waals surface area contributed by atoms with Gasteiger partial charge in [-0.25, -0.2) is 0 Å². The molecular formula is C11H18N4OS2. The molecule has 100 valence electrons. The van der Waals surface area contributed by atoms with Gasteiger partial charge in [0.2, 0.25) is 0 Å². The van der Waals surface area contributed by atoms with Crippen LogP contribution in [-0.2, 0) is 0 Å². The molecule has 7 heteroatoms. The first kappa shape index (κ1) is 15.0. The van der Waals surface area contributed by atoms with Gasteiger partial charge in [-0.2, -0.15) is 0 Å². The minimum atomic E-state index is -0.0724. The van der Waals surface area contributed by atoms with Gasteiger partial charge >= 0.3 is 0 Å². The molecule has 1 aromatic heterocycles. The maximum Gasteiger partial charge on any atom is 0.267 e. The van der Waals surface area contributed by atoms with Crippen LogP contribution in [0.4, 0.5) is 0 Å². The van der Waals surface area contributed by atoms with Crippen LogP contribution in [0.1, 0.15) is 42.1 Å². The van der Waals surface area contributed by atoms with E-state index >= 15 is 0 Å². The van der Waals surface area contributed by atoms with Crippen molar-refractivity contribution in [3.05, 3.63) is 10.6 Å². The van der Waals surface area contributed by atoms with Gasteiger partial charge < -0.3 is 10.6 Å². The zero-order valence-electron chi connectivity index (χ0n) is 11.0. The van der Waals surface area contributed by atoms with E-state index < -0.39 is 0 Å². The minimum Gasteiger partial charge on any atom is -0.393 e. The lowest BCUT2D eigenvalue weighted by Gasteiger charge is -2.20. The van der Waals surface area contributed by atoms with Gasteiger partial charge in [0.05, 0.1) is 10.7 Å². The summed E-state index contributed by atoms with van der Waals surface area (Å²) in [5, 5.41) is 4.00. The van der Waals surface area contributed by atoms with Crippen molar-refractivity contribution in [1.29, 1.82) is 0 Å². The number of aromatic nitrogens is 2. The quantitative estimate of drug-likeness (QED) is 0.833. The molecule has 18 heavy (non-hydrogen) atoms. The van der Waals surface area contributed by atoms with Crippen LogP contribution < -0.4 is 5.73 Å². The van der Waals surface area contributed by atoms with E-state index in [0.29, 0.717) is 16.4 Å². The Morgan fingerprint density at radius 3 is 2.61 bits per heavy atom. The largest absolute Gasteiger partial charge is 0.393 e. The molecule has 0 bridgehead atoms. The van der Waals surface area contributed by atoms with Crippen LogP contribution in [0.5, 0.6) is 0 Å². The lowest BCUT2D eigenvalue weighted by atomic mass is 10.1.